The molecule has 156 valence electrons. The number of carboxylic acid groups (broad SMARTS) is 1. The molecule has 0 radical (unpaired) electrons. The second kappa shape index (κ2) is 8.51. The molecule has 0 bridgehead atoms. The highest BCUT2D eigenvalue weighted by molar-refractivity contribution is 7.92. The molecule has 0 aromatic heterocycles. The van der Waals surface area contributed by atoms with Crippen LogP contribution in [0, 0.1) is 0 Å². The average Bonchev–Trinajstić information content (AvgIpc) is 2.64. The van der Waals surface area contributed by atoms with Crippen molar-refractivity contribution in [2.45, 2.75) is 9.79 Å². The van der Waals surface area contributed by atoms with Crippen LogP contribution in [0.3, 0.4) is 0 Å². The van der Waals surface area contributed by atoms with E-state index < -0.39 is 26.0 Å². The number of carbonyl (C=O) groups is 1. The Morgan fingerprint density at radius 1 is 1.10 bits per heavy atom. The lowest BCUT2D eigenvalue weighted by Crippen LogP contribution is -2.16. The highest BCUT2D eigenvalue weighted by Crippen LogP contribution is 2.37. The Hall–Kier alpha value is -3.09. The molecule has 12 heteroatoms. The van der Waals surface area contributed by atoms with Gasteiger partial charge in [-0.15, -0.1) is 0 Å². The Bertz CT molecular complexity index is 1170. The summed E-state index contributed by atoms with van der Waals surface area (Å²) in [4.78, 5) is 10.1. The van der Waals surface area contributed by atoms with Crippen LogP contribution in [0.15, 0.2) is 52.3 Å². The molecule has 2 aromatic rings. The van der Waals surface area contributed by atoms with Crippen LogP contribution >= 0.6 is 0 Å². The molecule has 0 fully saturated rings. The van der Waals surface area contributed by atoms with Crippen LogP contribution in [0.2, 0.25) is 0 Å². The van der Waals surface area contributed by atoms with E-state index in [-0.39, 0.29) is 32.5 Å². The zero-order valence-electron chi connectivity index (χ0n) is 15.3. The Kier molecular flexibility index (Phi) is 6.51. The lowest BCUT2D eigenvalue weighted by atomic mass is 10.2. The van der Waals surface area contributed by atoms with Crippen molar-refractivity contribution in [3.8, 4) is 11.5 Å². The topological polar surface area (TPSA) is 162 Å². The summed E-state index contributed by atoms with van der Waals surface area (Å²) in [6.07, 6.45) is 2.02. The number of hydrogen-bond acceptors (Lipinski definition) is 7. The number of nitrogens with two attached hydrogens (primary N) is 1. The van der Waals surface area contributed by atoms with Crippen molar-refractivity contribution in [2.24, 2.45) is 5.14 Å². The molecule has 0 aliphatic carbocycles. The van der Waals surface area contributed by atoms with Gasteiger partial charge in [-0.3, -0.25) is 4.72 Å². The van der Waals surface area contributed by atoms with Crippen molar-refractivity contribution in [3.63, 3.8) is 0 Å². The molecule has 4 N–H and O–H groups in total. The van der Waals surface area contributed by atoms with E-state index in [1.54, 1.807) is 0 Å². The molecule has 2 rings (SSSR count). The number of nitrogens with one attached hydrogen (secondary N) is 1. The monoisotopic (exact) mass is 442 g/mol. The highest BCUT2D eigenvalue weighted by atomic mass is 32.2. The molecule has 0 saturated carbocycles. The number of sulfonamides is 2. The molecule has 10 nitrogen and oxygen atoms in total. The third kappa shape index (κ3) is 5.47. The summed E-state index contributed by atoms with van der Waals surface area (Å²) in [6.45, 7) is 0. The summed E-state index contributed by atoms with van der Waals surface area (Å²) in [6, 6.07) is 7.52. The van der Waals surface area contributed by atoms with E-state index in [0.717, 1.165) is 12.1 Å². The number of aliphatic carboxylic acids is 1. The minimum atomic E-state index is -4.28. The lowest BCUT2D eigenvalue weighted by molar-refractivity contribution is -0.131. The van der Waals surface area contributed by atoms with E-state index in [1.165, 1.54) is 50.6 Å². The molecule has 0 heterocycles. The molecule has 0 spiro atoms. The van der Waals surface area contributed by atoms with Crippen molar-refractivity contribution < 1.29 is 36.2 Å². The molecule has 0 aliphatic heterocycles. The molecule has 2 aromatic carbocycles. The van der Waals surface area contributed by atoms with Gasteiger partial charge in [0, 0.05) is 6.08 Å². The number of ether oxygens (including phenoxy) is 2. The van der Waals surface area contributed by atoms with E-state index in [9.17, 15) is 21.6 Å². The molecule has 0 aliphatic rings. The zero-order chi connectivity index (χ0) is 21.8. The Morgan fingerprint density at radius 2 is 1.79 bits per heavy atom. The van der Waals surface area contributed by atoms with Crippen molar-refractivity contribution in [1.82, 2.24) is 0 Å². The van der Waals surface area contributed by atoms with Gasteiger partial charge < -0.3 is 14.6 Å². The summed E-state index contributed by atoms with van der Waals surface area (Å²) < 4.78 is 61.4. The zero-order valence-corrected chi connectivity index (χ0v) is 17.0. The van der Waals surface area contributed by atoms with Crippen LogP contribution in [-0.2, 0) is 24.8 Å². The molecule has 0 atom stereocenters. The maximum Gasteiger partial charge on any atom is 0.328 e. The Balaban J connectivity index is 2.58. The number of methoxy groups -OCH3 is 2. The van der Waals surface area contributed by atoms with Crippen LogP contribution in [0.1, 0.15) is 5.56 Å². The summed E-state index contributed by atoms with van der Waals surface area (Å²) >= 11 is 0. The second-order valence-corrected chi connectivity index (χ2v) is 8.82. The van der Waals surface area contributed by atoms with Crippen LogP contribution in [0.5, 0.6) is 11.5 Å². The smallest absolute Gasteiger partial charge is 0.328 e. The number of rotatable bonds is 8. The minimum Gasteiger partial charge on any atom is -0.493 e. The van der Waals surface area contributed by atoms with Gasteiger partial charge in [0.25, 0.3) is 10.0 Å². The van der Waals surface area contributed by atoms with E-state index in [4.69, 9.17) is 19.7 Å². The van der Waals surface area contributed by atoms with Gasteiger partial charge in [-0.05, 0) is 42.0 Å². The molecule has 29 heavy (non-hydrogen) atoms. The van der Waals surface area contributed by atoms with Gasteiger partial charge in [-0.25, -0.2) is 26.8 Å². The number of primary sulfonamides is 1. The Labute approximate surface area is 167 Å². The first-order valence-electron chi connectivity index (χ1n) is 7.80. The molecular weight excluding hydrogens is 424 g/mol. The summed E-state index contributed by atoms with van der Waals surface area (Å²) in [5, 5.41) is 13.8. The fourth-order valence-electron chi connectivity index (χ4n) is 2.36. The summed E-state index contributed by atoms with van der Waals surface area (Å²) in [5.74, 6) is -1.28. The molecule has 0 amide bonds. The largest absolute Gasteiger partial charge is 0.493 e. The third-order valence-corrected chi connectivity index (χ3v) is 5.89. The van der Waals surface area contributed by atoms with Crippen molar-refractivity contribution in [1.29, 1.82) is 0 Å². The van der Waals surface area contributed by atoms with E-state index >= 15 is 0 Å². The summed E-state index contributed by atoms with van der Waals surface area (Å²) in [5.41, 5.74) is 0.174. The first kappa shape index (κ1) is 22.2. The standard InChI is InChI=1S/C17H18N2O8S2/c1-26-14-8-11(6-7-16(20)21)9-15(17(14)27-2)29(24,25)19-12-4-3-5-13(10-12)28(18,22)23/h3-10,19H,1-2H3,(H,20,21)(H2,18,22,23)/b7-6+. The van der Waals surface area contributed by atoms with Gasteiger partial charge in [0.05, 0.1) is 24.8 Å². The van der Waals surface area contributed by atoms with Crippen LogP contribution in [0.25, 0.3) is 6.08 Å². The predicted molar refractivity (Wildman–Crippen MR) is 105 cm³/mol. The van der Waals surface area contributed by atoms with Gasteiger partial charge in [0.2, 0.25) is 10.0 Å². The Morgan fingerprint density at radius 3 is 2.34 bits per heavy atom. The molecule has 0 saturated heterocycles. The highest BCUT2D eigenvalue weighted by Gasteiger charge is 2.24. The van der Waals surface area contributed by atoms with E-state index in [1.807, 2.05) is 0 Å². The molecule has 0 unspecified atom stereocenters. The fraction of sp³-hybridized carbons (Fsp3) is 0.118. The lowest BCUT2D eigenvalue weighted by Gasteiger charge is -2.15. The van der Waals surface area contributed by atoms with Crippen LogP contribution in [-0.4, -0.2) is 42.1 Å². The maximum atomic E-state index is 12.9. The number of carboxylic acids is 1. The third-order valence-electron chi connectivity index (χ3n) is 3.59. The molecular formula is C17H18N2O8S2. The summed E-state index contributed by atoms with van der Waals surface area (Å²) in [7, 11) is -5.78. The van der Waals surface area contributed by atoms with Crippen molar-refractivity contribution >= 4 is 37.8 Å². The van der Waals surface area contributed by atoms with Gasteiger partial charge in [0.1, 0.15) is 4.90 Å². The van der Waals surface area contributed by atoms with Crippen molar-refractivity contribution in [3.05, 3.63) is 48.0 Å². The van der Waals surface area contributed by atoms with Gasteiger partial charge in [-0.2, -0.15) is 0 Å². The van der Waals surface area contributed by atoms with Crippen molar-refractivity contribution in [2.75, 3.05) is 18.9 Å². The fourth-order valence-corrected chi connectivity index (χ4v) is 4.19. The number of benzene rings is 2. The minimum absolute atomic E-state index is 0.0518. The van der Waals surface area contributed by atoms with E-state index in [0.29, 0.717) is 0 Å². The van der Waals surface area contributed by atoms with Crippen LogP contribution in [0.4, 0.5) is 5.69 Å². The first-order valence-corrected chi connectivity index (χ1v) is 10.8. The number of anilines is 1. The average molecular weight is 442 g/mol. The SMILES string of the molecule is COc1cc(/C=C/C(=O)O)cc(S(=O)(=O)Nc2cccc(S(N)(=O)=O)c2)c1OC. The maximum absolute atomic E-state index is 12.9. The predicted octanol–water partition coefficient (Wildman–Crippen LogP) is 1.25. The van der Waals surface area contributed by atoms with Gasteiger partial charge >= 0.3 is 5.97 Å². The second-order valence-electron chi connectivity index (χ2n) is 5.60. The first-order chi connectivity index (χ1) is 13.5. The normalized spacial score (nSPS) is 12.0. The van der Waals surface area contributed by atoms with Gasteiger partial charge in [-0.1, -0.05) is 6.07 Å². The quantitative estimate of drug-likeness (QED) is 0.514. The van der Waals surface area contributed by atoms with E-state index in [2.05, 4.69) is 4.72 Å². The van der Waals surface area contributed by atoms with Crippen LogP contribution < -0.4 is 19.3 Å². The number of hydrogen-bond donors (Lipinski definition) is 3. The van der Waals surface area contributed by atoms with Gasteiger partial charge in [0.15, 0.2) is 11.5 Å².